The maximum atomic E-state index is 13.1. The third-order valence-electron chi connectivity index (χ3n) is 7.05. The van der Waals surface area contributed by atoms with Crippen molar-refractivity contribution in [1.82, 2.24) is 19.4 Å². The molecule has 194 valence electrons. The second kappa shape index (κ2) is 10.6. The average molecular weight is 522 g/mol. The van der Waals surface area contributed by atoms with Crippen molar-refractivity contribution in [3.8, 4) is 11.3 Å². The molecule has 2 aliphatic heterocycles. The number of aromatic nitrogens is 2. The Kier molecular flexibility index (Phi) is 7.23. The number of amides is 1. The lowest BCUT2D eigenvalue weighted by atomic mass is 10.0. The van der Waals surface area contributed by atoms with Gasteiger partial charge in [-0.2, -0.15) is 4.31 Å². The third kappa shape index (κ3) is 5.36. The molecule has 3 heterocycles. The van der Waals surface area contributed by atoms with Gasteiger partial charge in [-0.15, -0.1) is 10.2 Å². The second-order valence-corrected chi connectivity index (χ2v) is 11.3. The highest BCUT2D eigenvalue weighted by molar-refractivity contribution is 7.89. The van der Waals surface area contributed by atoms with E-state index in [1.54, 1.807) is 17.0 Å². The van der Waals surface area contributed by atoms with Crippen LogP contribution in [0.25, 0.3) is 11.3 Å². The van der Waals surface area contributed by atoms with Crippen molar-refractivity contribution in [3.63, 3.8) is 0 Å². The van der Waals surface area contributed by atoms with E-state index in [1.807, 2.05) is 12.1 Å². The highest BCUT2D eigenvalue weighted by Crippen LogP contribution is 2.23. The van der Waals surface area contributed by atoms with E-state index in [0.717, 1.165) is 17.1 Å². The summed E-state index contributed by atoms with van der Waals surface area (Å²) in [5.41, 5.74) is 4.82. The Balaban J connectivity index is 1.19. The molecule has 0 unspecified atom stereocenters. The summed E-state index contributed by atoms with van der Waals surface area (Å²) in [6.07, 6.45) is 0. The summed E-state index contributed by atoms with van der Waals surface area (Å²) in [7, 11) is -3.58. The first-order valence-electron chi connectivity index (χ1n) is 12.5. The summed E-state index contributed by atoms with van der Waals surface area (Å²) in [4.78, 5) is 17.2. The number of nitrogens with zero attached hydrogens (tertiary/aromatic N) is 5. The van der Waals surface area contributed by atoms with Crippen LogP contribution in [-0.2, 0) is 14.8 Å². The molecule has 0 N–H and O–H groups in total. The largest absolute Gasteiger partial charge is 0.379 e. The Morgan fingerprint density at radius 1 is 0.811 bits per heavy atom. The molecule has 2 aliphatic rings. The number of rotatable bonds is 5. The van der Waals surface area contributed by atoms with Gasteiger partial charge < -0.3 is 14.5 Å². The minimum absolute atomic E-state index is 0.105. The van der Waals surface area contributed by atoms with Crippen LogP contribution in [0.3, 0.4) is 0 Å². The van der Waals surface area contributed by atoms with Crippen molar-refractivity contribution in [2.75, 3.05) is 57.4 Å². The lowest BCUT2D eigenvalue weighted by molar-refractivity contribution is 0.0730. The van der Waals surface area contributed by atoms with Gasteiger partial charge in [-0.05, 0) is 67.4 Å². The van der Waals surface area contributed by atoms with Gasteiger partial charge >= 0.3 is 0 Å². The van der Waals surface area contributed by atoms with Gasteiger partial charge in [0.05, 0.1) is 23.8 Å². The van der Waals surface area contributed by atoms with Crippen molar-refractivity contribution in [3.05, 3.63) is 71.3 Å². The molecule has 10 heteroatoms. The molecule has 2 aromatic carbocycles. The van der Waals surface area contributed by atoms with Crippen molar-refractivity contribution in [1.29, 1.82) is 0 Å². The Labute approximate surface area is 217 Å². The number of piperazine rings is 1. The van der Waals surface area contributed by atoms with Crippen molar-refractivity contribution >= 4 is 21.7 Å². The molecular formula is C27H31N5O4S. The molecule has 0 spiro atoms. The zero-order valence-corrected chi connectivity index (χ0v) is 21.9. The molecule has 37 heavy (non-hydrogen) atoms. The number of hydrogen-bond donors (Lipinski definition) is 0. The summed E-state index contributed by atoms with van der Waals surface area (Å²) in [6.45, 7) is 8.03. The monoisotopic (exact) mass is 521 g/mol. The number of hydrogen-bond acceptors (Lipinski definition) is 7. The Bertz CT molecular complexity index is 1360. The topological polar surface area (TPSA) is 95.9 Å². The fraction of sp³-hybridized carbons (Fsp3) is 0.370. The van der Waals surface area contributed by atoms with E-state index in [1.165, 1.54) is 27.6 Å². The van der Waals surface area contributed by atoms with Gasteiger partial charge in [0.15, 0.2) is 5.82 Å². The standard InChI is InChI=1S/C27H31N5O4S/c1-20-3-4-23(19-21(20)2)25-9-10-26(29-28-25)30-11-13-31(14-12-30)27(33)22-5-7-24(8-6-22)37(34,35)32-15-17-36-18-16-32/h3-10,19H,11-18H2,1-2H3. The molecule has 1 amide bonds. The Hall–Kier alpha value is -3.34. The highest BCUT2D eigenvalue weighted by Gasteiger charge is 2.27. The molecule has 1 aromatic heterocycles. The minimum atomic E-state index is -3.58. The van der Waals surface area contributed by atoms with Crippen molar-refractivity contribution in [2.24, 2.45) is 0 Å². The first-order valence-corrected chi connectivity index (χ1v) is 13.9. The third-order valence-corrected chi connectivity index (χ3v) is 8.97. The summed E-state index contributed by atoms with van der Waals surface area (Å²) in [5, 5.41) is 8.86. The number of carbonyl (C=O) groups is 1. The Morgan fingerprint density at radius 2 is 1.51 bits per heavy atom. The van der Waals surface area contributed by atoms with Gasteiger partial charge in [0.25, 0.3) is 5.91 Å². The van der Waals surface area contributed by atoms with Crippen LogP contribution in [0.1, 0.15) is 21.5 Å². The molecule has 0 atom stereocenters. The number of anilines is 1. The van der Waals surface area contributed by atoms with Gasteiger partial charge in [0, 0.05) is 50.4 Å². The summed E-state index contributed by atoms with van der Waals surface area (Å²) >= 11 is 0. The predicted octanol–water partition coefficient (Wildman–Crippen LogP) is 2.74. The van der Waals surface area contributed by atoms with Crippen molar-refractivity contribution < 1.29 is 17.9 Å². The summed E-state index contributed by atoms with van der Waals surface area (Å²) in [6, 6.07) is 16.4. The zero-order chi connectivity index (χ0) is 26.0. The molecule has 0 saturated carbocycles. The smallest absolute Gasteiger partial charge is 0.253 e. The SMILES string of the molecule is Cc1ccc(-c2ccc(N3CCN(C(=O)c4ccc(S(=O)(=O)N5CCOCC5)cc4)CC3)nn2)cc1C. The van der Waals surface area contributed by atoms with E-state index in [-0.39, 0.29) is 10.8 Å². The van der Waals surface area contributed by atoms with Gasteiger partial charge in [-0.1, -0.05) is 12.1 Å². The molecule has 0 radical (unpaired) electrons. The zero-order valence-electron chi connectivity index (χ0n) is 21.1. The van der Waals surface area contributed by atoms with E-state index < -0.39 is 10.0 Å². The van der Waals surface area contributed by atoms with Crippen molar-refractivity contribution in [2.45, 2.75) is 18.7 Å². The van der Waals surface area contributed by atoms with Gasteiger partial charge in [-0.3, -0.25) is 4.79 Å². The van der Waals surface area contributed by atoms with Crippen LogP contribution in [-0.4, -0.2) is 86.2 Å². The number of carbonyl (C=O) groups excluding carboxylic acids is 1. The first kappa shape index (κ1) is 25.3. The molecule has 9 nitrogen and oxygen atoms in total. The van der Waals surface area contributed by atoms with E-state index in [2.05, 4.69) is 47.1 Å². The Morgan fingerprint density at radius 3 is 2.14 bits per heavy atom. The molecule has 2 fully saturated rings. The van der Waals surface area contributed by atoms with Crippen LogP contribution in [0, 0.1) is 13.8 Å². The number of sulfonamides is 1. The number of morpholine rings is 1. The molecule has 2 saturated heterocycles. The number of benzene rings is 2. The second-order valence-electron chi connectivity index (χ2n) is 9.40. The van der Waals surface area contributed by atoms with Gasteiger partial charge in [0.1, 0.15) is 0 Å². The van der Waals surface area contributed by atoms with Crippen LogP contribution >= 0.6 is 0 Å². The van der Waals surface area contributed by atoms with Gasteiger partial charge in [0.2, 0.25) is 10.0 Å². The van der Waals surface area contributed by atoms with Crippen LogP contribution in [0.15, 0.2) is 59.5 Å². The first-order chi connectivity index (χ1) is 17.8. The van der Waals surface area contributed by atoms with E-state index in [9.17, 15) is 13.2 Å². The molecule has 0 bridgehead atoms. The van der Waals surface area contributed by atoms with Crippen LogP contribution in [0.2, 0.25) is 0 Å². The van der Waals surface area contributed by atoms with E-state index >= 15 is 0 Å². The van der Waals surface area contributed by atoms with E-state index in [0.29, 0.717) is 58.0 Å². The lowest BCUT2D eigenvalue weighted by Crippen LogP contribution is -2.49. The quantitative estimate of drug-likeness (QED) is 0.509. The van der Waals surface area contributed by atoms with E-state index in [4.69, 9.17) is 4.74 Å². The van der Waals surface area contributed by atoms with Crippen LogP contribution < -0.4 is 4.90 Å². The number of aryl methyl sites for hydroxylation is 2. The number of ether oxygens (including phenoxy) is 1. The minimum Gasteiger partial charge on any atom is -0.379 e. The summed E-state index contributed by atoms with van der Waals surface area (Å²) in [5.74, 6) is 0.684. The predicted molar refractivity (Wildman–Crippen MR) is 141 cm³/mol. The van der Waals surface area contributed by atoms with Crippen LogP contribution in [0.5, 0.6) is 0 Å². The molecule has 3 aromatic rings. The summed E-state index contributed by atoms with van der Waals surface area (Å²) < 4.78 is 32.3. The molecule has 0 aliphatic carbocycles. The average Bonchev–Trinajstić information content (AvgIpc) is 2.95. The van der Waals surface area contributed by atoms with Gasteiger partial charge in [-0.25, -0.2) is 8.42 Å². The fourth-order valence-corrected chi connectivity index (χ4v) is 5.98. The molecule has 5 rings (SSSR count). The maximum absolute atomic E-state index is 13.1. The lowest BCUT2D eigenvalue weighted by Gasteiger charge is -2.35. The highest BCUT2D eigenvalue weighted by atomic mass is 32.2. The fourth-order valence-electron chi connectivity index (χ4n) is 4.58. The normalized spacial score (nSPS) is 17.1. The maximum Gasteiger partial charge on any atom is 0.253 e. The molecular weight excluding hydrogens is 490 g/mol. The van der Waals surface area contributed by atoms with Crippen LogP contribution in [0.4, 0.5) is 5.82 Å².